The van der Waals surface area contributed by atoms with Crippen molar-refractivity contribution in [3.05, 3.63) is 40.4 Å². The first-order valence-electron chi connectivity index (χ1n) is 6.10. The molecule has 1 heterocycles. The molecule has 1 aromatic carbocycles. The highest BCUT2D eigenvalue weighted by atomic mass is 32.1. The topological polar surface area (TPSA) is 50.2 Å². The molecule has 4 heteroatoms. The van der Waals surface area contributed by atoms with Gasteiger partial charge in [0.25, 0.3) is 0 Å². The molecule has 1 N–H and O–H groups in total. The van der Waals surface area contributed by atoms with E-state index in [0.717, 1.165) is 21.7 Å². The van der Waals surface area contributed by atoms with E-state index in [-0.39, 0.29) is 0 Å². The molecule has 0 aliphatic carbocycles. The Morgan fingerprint density at radius 2 is 1.84 bits per heavy atom. The van der Waals surface area contributed by atoms with E-state index in [2.05, 4.69) is 4.98 Å². The molecule has 0 saturated heterocycles. The summed E-state index contributed by atoms with van der Waals surface area (Å²) in [6.45, 7) is 7.45. The summed E-state index contributed by atoms with van der Waals surface area (Å²) >= 11 is 1.50. The summed E-state index contributed by atoms with van der Waals surface area (Å²) in [6.07, 6.45) is 0. The Bertz CT molecular complexity index is 609. The minimum absolute atomic E-state index is 0.614. The van der Waals surface area contributed by atoms with Crippen LogP contribution in [-0.4, -0.2) is 16.1 Å². The van der Waals surface area contributed by atoms with Crippen molar-refractivity contribution in [2.24, 2.45) is 0 Å². The third kappa shape index (κ3) is 2.40. The number of carbonyl (C=O) groups is 1. The number of hydrogen-bond acceptors (Lipinski definition) is 3. The van der Waals surface area contributed by atoms with Crippen LogP contribution in [0.4, 0.5) is 0 Å². The van der Waals surface area contributed by atoms with Crippen molar-refractivity contribution in [3.8, 4) is 10.6 Å². The maximum atomic E-state index is 11.3. The van der Waals surface area contributed by atoms with Crippen molar-refractivity contribution in [1.29, 1.82) is 0 Å². The molecule has 2 rings (SSSR count). The fourth-order valence-corrected chi connectivity index (χ4v) is 3.10. The number of rotatable bonds is 3. The van der Waals surface area contributed by atoms with E-state index in [1.54, 1.807) is 13.8 Å². The lowest BCUT2D eigenvalue weighted by atomic mass is 9.90. The number of benzene rings is 1. The molecule has 0 radical (unpaired) electrons. The standard InChI is InChI=1S/C15H17NO2S/c1-9-6-5-7-10(2)12(9)13-16-11(8-19-13)15(3,4)14(17)18/h5-8H,1-4H3,(H,17,18). The largest absolute Gasteiger partial charge is 0.481 e. The van der Waals surface area contributed by atoms with Gasteiger partial charge in [-0.2, -0.15) is 0 Å². The predicted octanol–water partition coefficient (Wildman–Crippen LogP) is 3.79. The molecule has 0 amide bonds. The molecular weight excluding hydrogens is 258 g/mol. The van der Waals surface area contributed by atoms with Crippen LogP contribution in [0.2, 0.25) is 0 Å². The van der Waals surface area contributed by atoms with E-state index in [1.807, 2.05) is 37.4 Å². The van der Waals surface area contributed by atoms with Crippen molar-refractivity contribution in [2.45, 2.75) is 33.1 Å². The van der Waals surface area contributed by atoms with Crippen molar-refractivity contribution in [3.63, 3.8) is 0 Å². The Kier molecular flexibility index (Phi) is 3.45. The van der Waals surface area contributed by atoms with Gasteiger partial charge < -0.3 is 5.11 Å². The molecule has 19 heavy (non-hydrogen) atoms. The highest BCUT2D eigenvalue weighted by molar-refractivity contribution is 7.13. The Morgan fingerprint density at radius 3 is 2.37 bits per heavy atom. The number of aryl methyl sites for hydroxylation is 2. The second kappa shape index (κ2) is 4.78. The molecule has 2 aromatic rings. The summed E-state index contributed by atoms with van der Waals surface area (Å²) in [5.41, 5.74) is 3.09. The summed E-state index contributed by atoms with van der Waals surface area (Å²) in [5.74, 6) is -0.856. The molecule has 100 valence electrons. The second-order valence-electron chi connectivity index (χ2n) is 5.23. The zero-order valence-corrected chi connectivity index (χ0v) is 12.3. The first-order chi connectivity index (χ1) is 8.84. The van der Waals surface area contributed by atoms with E-state index < -0.39 is 11.4 Å². The van der Waals surface area contributed by atoms with Crippen molar-refractivity contribution >= 4 is 17.3 Å². The molecular formula is C15H17NO2S. The Balaban J connectivity index is 2.51. The number of carboxylic acids is 1. The molecule has 0 aliphatic heterocycles. The molecule has 0 bridgehead atoms. The molecule has 0 spiro atoms. The number of carboxylic acid groups (broad SMARTS) is 1. The second-order valence-corrected chi connectivity index (χ2v) is 6.09. The molecule has 0 unspecified atom stereocenters. The zero-order chi connectivity index (χ0) is 14.2. The lowest BCUT2D eigenvalue weighted by Crippen LogP contribution is -2.28. The summed E-state index contributed by atoms with van der Waals surface area (Å²) in [6, 6.07) is 6.11. The average molecular weight is 275 g/mol. The van der Waals surface area contributed by atoms with E-state index in [4.69, 9.17) is 0 Å². The number of nitrogens with zero attached hydrogens (tertiary/aromatic N) is 1. The van der Waals surface area contributed by atoms with Crippen molar-refractivity contribution in [1.82, 2.24) is 4.98 Å². The van der Waals surface area contributed by atoms with Gasteiger partial charge in [-0.1, -0.05) is 18.2 Å². The fraction of sp³-hybridized carbons (Fsp3) is 0.333. The van der Waals surface area contributed by atoms with E-state index in [0.29, 0.717) is 5.69 Å². The third-order valence-corrected chi connectivity index (χ3v) is 4.23. The smallest absolute Gasteiger partial charge is 0.315 e. The monoisotopic (exact) mass is 275 g/mol. The quantitative estimate of drug-likeness (QED) is 0.927. The molecule has 1 aromatic heterocycles. The van der Waals surface area contributed by atoms with Crippen LogP contribution in [0, 0.1) is 13.8 Å². The number of aliphatic carboxylic acids is 1. The SMILES string of the molecule is Cc1cccc(C)c1-c1nc(C(C)(C)C(=O)O)cs1. The van der Waals surface area contributed by atoms with Gasteiger partial charge in [0, 0.05) is 10.9 Å². The van der Waals surface area contributed by atoms with Crippen LogP contribution < -0.4 is 0 Å². The van der Waals surface area contributed by atoms with E-state index in [9.17, 15) is 9.90 Å². The Morgan fingerprint density at radius 1 is 1.26 bits per heavy atom. The summed E-state index contributed by atoms with van der Waals surface area (Å²) in [7, 11) is 0. The molecule has 0 saturated carbocycles. The van der Waals surface area contributed by atoms with E-state index in [1.165, 1.54) is 11.3 Å². The molecule has 0 fully saturated rings. The van der Waals surface area contributed by atoms with Gasteiger partial charge in [0.15, 0.2) is 0 Å². The van der Waals surface area contributed by atoms with Crippen LogP contribution in [-0.2, 0) is 10.2 Å². The van der Waals surface area contributed by atoms with E-state index >= 15 is 0 Å². The number of hydrogen-bond donors (Lipinski definition) is 1. The lowest BCUT2D eigenvalue weighted by Gasteiger charge is -2.15. The van der Waals surface area contributed by atoms with Gasteiger partial charge in [-0.25, -0.2) is 4.98 Å². The van der Waals surface area contributed by atoms with Crippen LogP contribution in [0.25, 0.3) is 10.6 Å². The maximum absolute atomic E-state index is 11.3. The van der Waals surface area contributed by atoms with Gasteiger partial charge >= 0.3 is 5.97 Å². The Labute approximate surface area is 116 Å². The number of aromatic nitrogens is 1. The summed E-state index contributed by atoms with van der Waals surface area (Å²) in [5, 5.41) is 12.0. The third-order valence-electron chi connectivity index (χ3n) is 3.37. The highest BCUT2D eigenvalue weighted by Gasteiger charge is 2.32. The maximum Gasteiger partial charge on any atom is 0.315 e. The van der Waals surface area contributed by atoms with Crippen LogP contribution in [0.3, 0.4) is 0 Å². The normalized spacial score (nSPS) is 11.6. The Hall–Kier alpha value is -1.68. The first-order valence-corrected chi connectivity index (χ1v) is 6.98. The lowest BCUT2D eigenvalue weighted by molar-refractivity contribution is -0.142. The van der Waals surface area contributed by atoms with Gasteiger partial charge in [0.05, 0.1) is 5.69 Å². The minimum atomic E-state index is -0.953. The molecule has 0 aliphatic rings. The van der Waals surface area contributed by atoms with Crippen molar-refractivity contribution in [2.75, 3.05) is 0 Å². The van der Waals surface area contributed by atoms with Gasteiger partial charge in [-0.15, -0.1) is 11.3 Å². The van der Waals surface area contributed by atoms with Gasteiger partial charge in [0.1, 0.15) is 10.4 Å². The predicted molar refractivity (Wildman–Crippen MR) is 77.7 cm³/mol. The van der Waals surface area contributed by atoms with Crippen molar-refractivity contribution < 1.29 is 9.90 Å². The first kappa shape index (κ1) is 13.7. The average Bonchev–Trinajstić information content (AvgIpc) is 2.78. The minimum Gasteiger partial charge on any atom is -0.481 e. The highest BCUT2D eigenvalue weighted by Crippen LogP contribution is 2.33. The zero-order valence-electron chi connectivity index (χ0n) is 11.5. The number of thiazole rings is 1. The summed E-state index contributed by atoms with van der Waals surface area (Å²) < 4.78 is 0. The molecule has 3 nitrogen and oxygen atoms in total. The fourth-order valence-electron chi connectivity index (χ4n) is 1.94. The van der Waals surface area contributed by atoms with Crippen LogP contribution in [0.5, 0.6) is 0 Å². The summed E-state index contributed by atoms with van der Waals surface area (Å²) in [4.78, 5) is 15.8. The van der Waals surface area contributed by atoms with Gasteiger partial charge in [-0.3, -0.25) is 4.79 Å². The van der Waals surface area contributed by atoms with Crippen LogP contribution >= 0.6 is 11.3 Å². The van der Waals surface area contributed by atoms with Gasteiger partial charge in [-0.05, 0) is 38.8 Å². The molecule has 0 atom stereocenters. The van der Waals surface area contributed by atoms with Gasteiger partial charge in [0.2, 0.25) is 0 Å². The van der Waals surface area contributed by atoms with Crippen LogP contribution in [0.15, 0.2) is 23.6 Å². The van der Waals surface area contributed by atoms with Crippen LogP contribution in [0.1, 0.15) is 30.7 Å².